The average Bonchev–Trinajstić information content (AvgIpc) is 2.11. The van der Waals surface area contributed by atoms with Gasteiger partial charge in [0.25, 0.3) is 0 Å². The molecule has 0 aliphatic rings. The van der Waals surface area contributed by atoms with E-state index in [1.54, 1.807) is 6.92 Å². The predicted octanol–water partition coefficient (Wildman–Crippen LogP) is 0.420. The topological polar surface area (TPSA) is 86.5 Å². The van der Waals surface area contributed by atoms with E-state index in [1.807, 2.05) is 0 Å². The van der Waals surface area contributed by atoms with Crippen molar-refractivity contribution in [3.8, 4) is 0 Å². The number of esters is 1. The molecule has 0 bridgehead atoms. The average molecular weight is 203 g/mol. The van der Waals surface area contributed by atoms with Crippen LogP contribution in [0.25, 0.3) is 0 Å². The van der Waals surface area contributed by atoms with Crippen LogP contribution in [0.15, 0.2) is 0 Å². The quantitative estimate of drug-likeness (QED) is 0.367. The molecule has 0 aromatic carbocycles. The SMILES string of the molecule is COC(=O)C(CC(C)C(C)=O)[N+](=O)[O-]. The number of nitro groups is 1. The van der Waals surface area contributed by atoms with Crippen molar-refractivity contribution in [1.82, 2.24) is 0 Å². The highest BCUT2D eigenvalue weighted by Gasteiger charge is 2.33. The molecule has 0 saturated heterocycles. The summed E-state index contributed by atoms with van der Waals surface area (Å²) in [6.45, 7) is 2.88. The first kappa shape index (κ1) is 12.5. The Morgan fingerprint density at radius 1 is 1.50 bits per heavy atom. The van der Waals surface area contributed by atoms with Gasteiger partial charge in [-0.3, -0.25) is 14.9 Å². The van der Waals surface area contributed by atoms with E-state index in [0.717, 1.165) is 7.11 Å². The van der Waals surface area contributed by atoms with Gasteiger partial charge in [-0.05, 0) is 6.92 Å². The Balaban J connectivity index is 4.46. The summed E-state index contributed by atoms with van der Waals surface area (Å²) >= 11 is 0. The first-order valence-electron chi connectivity index (χ1n) is 4.12. The molecule has 0 saturated carbocycles. The maximum atomic E-state index is 10.9. The fourth-order valence-corrected chi connectivity index (χ4v) is 0.905. The van der Waals surface area contributed by atoms with Crippen LogP contribution in [0, 0.1) is 16.0 Å². The van der Waals surface area contributed by atoms with E-state index in [4.69, 9.17) is 0 Å². The minimum atomic E-state index is -1.45. The number of ether oxygens (including phenoxy) is 1. The fourth-order valence-electron chi connectivity index (χ4n) is 0.905. The molecule has 2 atom stereocenters. The van der Waals surface area contributed by atoms with E-state index in [-0.39, 0.29) is 12.2 Å². The normalized spacial score (nSPS) is 14.2. The van der Waals surface area contributed by atoms with Crippen molar-refractivity contribution < 1.29 is 19.2 Å². The molecular weight excluding hydrogens is 190 g/mol. The van der Waals surface area contributed by atoms with Crippen LogP contribution in [0.2, 0.25) is 0 Å². The highest BCUT2D eigenvalue weighted by Crippen LogP contribution is 2.10. The Morgan fingerprint density at radius 2 is 2.00 bits per heavy atom. The number of ketones is 1. The lowest BCUT2D eigenvalue weighted by Gasteiger charge is -2.10. The molecule has 0 aliphatic carbocycles. The number of carbonyl (C=O) groups excluding carboxylic acids is 2. The van der Waals surface area contributed by atoms with Crippen LogP contribution in [0.4, 0.5) is 0 Å². The van der Waals surface area contributed by atoms with Crippen LogP contribution < -0.4 is 0 Å². The zero-order valence-electron chi connectivity index (χ0n) is 8.35. The molecule has 14 heavy (non-hydrogen) atoms. The molecule has 6 heteroatoms. The molecule has 0 rings (SSSR count). The number of rotatable bonds is 5. The van der Waals surface area contributed by atoms with Crippen LogP contribution in [-0.2, 0) is 14.3 Å². The molecular formula is C8H13NO5. The van der Waals surface area contributed by atoms with Crippen LogP contribution >= 0.6 is 0 Å². The fraction of sp³-hybridized carbons (Fsp3) is 0.750. The minimum absolute atomic E-state index is 0.116. The van der Waals surface area contributed by atoms with E-state index in [1.165, 1.54) is 6.92 Å². The predicted molar refractivity (Wildman–Crippen MR) is 47.3 cm³/mol. The highest BCUT2D eigenvalue weighted by atomic mass is 16.6. The Kier molecular flexibility index (Phi) is 4.76. The van der Waals surface area contributed by atoms with Crippen molar-refractivity contribution in [2.24, 2.45) is 5.92 Å². The second kappa shape index (κ2) is 5.31. The maximum absolute atomic E-state index is 10.9. The highest BCUT2D eigenvalue weighted by molar-refractivity contribution is 5.80. The van der Waals surface area contributed by atoms with E-state index < -0.39 is 22.9 Å². The van der Waals surface area contributed by atoms with E-state index in [2.05, 4.69) is 4.74 Å². The second-order valence-corrected chi connectivity index (χ2v) is 3.07. The van der Waals surface area contributed by atoms with Crippen molar-refractivity contribution in [3.63, 3.8) is 0 Å². The number of Topliss-reactive ketones (excluding diaryl/α,β-unsaturated/α-hetero) is 1. The number of carbonyl (C=O) groups is 2. The number of methoxy groups -OCH3 is 1. The van der Waals surface area contributed by atoms with E-state index in [9.17, 15) is 19.7 Å². The Bertz CT molecular complexity index is 250. The zero-order valence-corrected chi connectivity index (χ0v) is 8.35. The smallest absolute Gasteiger partial charge is 0.381 e. The molecule has 0 fully saturated rings. The summed E-state index contributed by atoms with van der Waals surface area (Å²) in [7, 11) is 1.08. The first-order chi connectivity index (χ1) is 6.40. The van der Waals surface area contributed by atoms with Crippen LogP contribution in [-0.4, -0.2) is 29.8 Å². The summed E-state index contributed by atoms with van der Waals surface area (Å²) in [5.41, 5.74) is 0. The summed E-state index contributed by atoms with van der Waals surface area (Å²) in [5, 5.41) is 10.5. The van der Waals surface area contributed by atoms with Crippen molar-refractivity contribution in [2.45, 2.75) is 26.3 Å². The van der Waals surface area contributed by atoms with Crippen molar-refractivity contribution in [3.05, 3.63) is 10.1 Å². The summed E-state index contributed by atoms with van der Waals surface area (Å²) < 4.78 is 4.26. The maximum Gasteiger partial charge on any atom is 0.381 e. The summed E-state index contributed by atoms with van der Waals surface area (Å²) in [5.74, 6) is -1.60. The molecule has 0 heterocycles. The lowest BCUT2D eigenvalue weighted by atomic mass is 9.99. The first-order valence-corrected chi connectivity index (χ1v) is 4.12. The third-order valence-electron chi connectivity index (χ3n) is 2.00. The molecule has 0 amide bonds. The lowest BCUT2D eigenvalue weighted by Crippen LogP contribution is -2.33. The Labute approximate surface area is 81.4 Å². The molecule has 2 unspecified atom stereocenters. The van der Waals surface area contributed by atoms with Gasteiger partial charge in [-0.15, -0.1) is 0 Å². The zero-order chi connectivity index (χ0) is 11.3. The third kappa shape index (κ3) is 3.51. The number of hydrogen-bond acceptors (Lipinski definition) is 5. The molecule has 0 aromatic heterocycles. The van der Waals surface area contributed by atoms with Gasteiger partial charge in [0.2, 0.25) is 0 Å². The molecule has 0 aromatic rings. The van der Waals surface area contributed by atoms with Gasteiger partial charge in [-0.2, -0.15) is 0 Å². The minimum Gasteiger partial charge on any atom is -0.464 e. The van der Waals surface area contributed by atoms with Crippen molar-refractivity contribution in [1.29, 1.82) is 0 Å². The van der Waals surface area contributed by atoms with E-state index in [0.29, 0.717) is 0 Å². The van der Waals surface area contributed by atoms with Gasteiger partial charge >= 0.3 is 12.0 Å². The Hall–Kier alpha value is -1.46. The van der Waals surface area contributed by atoms with Crippen LogP contribution in [0.5, 0.6) is 0 Å². The molecule has 0 spiro atoms. The van der Waals surface area contributed by atoms with Crippen LogP contribution in [0.3, 0.4) is 0 Å². The molecule has 0 N–H and O–H groups in total. The molecule has 0 radical (unpaired) electrons. The Morgan fingerprint density at radius 3 is 2.29 bits per heavy atom. The molecule has 80 valence electrons. The number of nitrogens with zero attached hydrogens (tertiary/aromatic N) is 1. The van der Waals surface area contributed by atoms with Crippen LogP contribution in [0.1, 0.15) is 20.3 Å². The van der Waals surface area contributed by atoms with Gasteiger partial charge in [0, 0.05) is 17.3 Å². The summed E-state index contributed by atoms with van der Waals surface area (Å²) in [4.78, 5) is 31.5. The van der Waals surface area contributed by atoms with Gasteiger partial charge in [0.05, 0.1) is 7.11 Å². The van der Waals surface area contributed by atoms with Gasteiger partial charge in [0.1, 0.15) is 5.78 Å². The van der Waals surface area contributed by atoms with Gasteiger partial charge < -0.3 is 4.74 Å². The van der Waals surface area contributed by atoms with Gasteiger partial charge in [-0.25, -0.2) is 4.79 Å². The van der Waals surface area contributed by atoms with Crippen molar-refractivity contribution >= 4 is 11.8 Å². The lowest BCUT2D eigenvalue weighted by molar-refractivity contribution is -0.512. The van der Waals surface area contributed by atoms with Gasteiger partial charge in [-0.1, -0.05) is 6.92 Å². The standard InChI is InChI=1S/C8H13NO5/c1-5(6(2)10)4-7(9(12)13)8(11)14-3/h5,7H,4H2,1-3H3. The molecule has 6 nitrogen and oxygen atoms in total. The molecule has 0 aliphatic heterocycles. The largest absolute Gasteiger partial charge is 0.464 e. The third-order valence-corrected chi connectivity index (χ3v) is 2.00. The summed E-state index contributed by atoms with van der Waals surface area (Å²) in [6, 6.07) is -1.45. The van der Waals surface area contributed by atoms with Gasteiger partial charge in [0.15, 0.2) is 0 Å². The second-order valence-electron chi connectivity index (χ2n) is 3.07. The summed E-state index contributed by atoms with van der Waals surface area (Å²) in [6.07, 6.45) is -0.116. The monoisotopic (exact) mass is 203 g/mol. The number of hydrogen-bond donors (Lipinski definition) is 0. The van der Waals surface area contributed by atoms with Crippen molar-refractivity contribution in [2.75, 3.05) is 7.11 Å². The van der Waals surface area contributed by atoms with E-state index >= 15 is 0 Å².